The standard InChI is InChI=1S/C13H20N2O3S2/c1-9-7-14(8-10(2)18-9)13(19)20-6-5-15-11(16)3-4-12(15)17/h9-10H,3-8H2,1-2H3/t9-,10+. The molecule has 0 aromatic rings. The molecule has 0 aromatic carbocycles. The van der Waals surface area contributed by atoms with Crippen molar-refractivity contribution in [2.75, 3.05) is 25.4 Å². The zero-order valence-corrected chi connectivity index (χ0v) is 13.5. The molecule has 7 heteroatoms. The van der Waals surface area contributed by atoms with Gasteiger partial charge in [-0.15, -0.1) is 0 Å². The molecule has 2 aliphatic rings. The largest absolute Gasteiger partial charge is 0.372 e. The third-order valence-electron chi connectivity index (χ3n) is 3.37. The van der Waals surface area contributed by atoms with E-state index in [0.717, 1.165) is 17.4 Å². The van der Waals surface area contributed by atoms with Gasteiger partial charge in [0.25, 0.3) is 0 Å². The normalized spacial score (nSPS) is 27.3. The first-order valence-corrected chi connectivity index (χ1v) is 8.27. The molecule has 0 radical (unpaired) electrons. The van der Waals surface area contributed by atoms with Crippen LogP contribution >= 0.6 is 24.0 Å². The van der Waals surface area contributed by atoms with Gasteiger partial charge in [-0.25, -0.2) is 0 Å². The topological polar surface area (TPSA) is 49.9 Å². The molecule has 2 amide bonds. The molecular formula is C13H20N2O3S2. The Bertz CT molecular complexity index is 390. The molecule has 0 aromatic heterocycles. The lowest BCUT2D eigenvalue weighted by Crippen LogP contribution is -2.47. The van der Waals surface area contributed by atoms with Crippen LogP contribution in [0.25, 0.3) is 0 Å². The van der Waals surface area contributed by atoms with Crippen molar-refractivity contribution >= 4 is 40.1 Å². The minimum atomic E-state index is -0.0601. The Kier molecular flexibility index (Phi) is 5.40. The Labute approximate surface area is 129 Å². The van der Waals surface area contributed by atoms with Crippen LogP contribution in [0.1, 0.15) is 26.7 Å². The van der Waals surface area contributed by atoms with E-state index in [2.05, 4.69) is 4.90 Å². The summed E-state index contributed by atoms with van der Waals surface area (Å²) in [7, 11) is 0. The summed E-state index contributed by atoms with van der Waals surface area (Å²) >= 11 is 6.96. The maximum Gasteiger partial charge on any atom is 0.229 e. The quantitative estimate of drug-likeness (QED) is 0.577. The number of carbonyl (C=O) groups is 2. The van der Waals surface area contributed by atoms with Crippen molar-refractivity contribution in [3.63, 3.8) is 0 Å². The van der Waals surface area contributed by atoms with Gasteiger partial charge >= 0.3 is 0 Å². The summed E-state index contributed by atoms with van der Waals surface area (Å²) < 4.78 is 6.50. The van der Waals surface area contributed by atoms with Crippen molar-refractivity contribution in [1.29, 1.82) is 0 Å². The summed E-state index contributed by atoms with van der Waals surface area (Å²) in [4.78, 5) is 26.5. The first kappa shape index (κ1) is 15.7. The van der Waals surface area contributed by atoms with Gasteiger partial charge in [0.2, 0.25) is 11.8 Å². The van der Waals surface area contributed by atoms with Gasteiger partial charge in [-0.05, 0) is 13.8 Å². The lowest BCUT2D eigenvalue weighted by Gasteiger charge is -2.36. The number of ether oxygens (including phenoxy) is 1. The highest BCUT2D eigenvalue weighted by Gasteiger charge is 2.29. The predicted molar refractivity (Wildman–Crippen MR) is 82.6 cm³/mol. The summed E-state index contributed by atoms with van der Waals surface area (Å²) in [5, 5.41) is 0. The maximum atomic E-state index is 11.5. The molecule has 0 spiro atoms. The molecule has 0 aliphatic carbocycles. The highest BCUT2D eigenvalue weighted by molar-refractivity contribution is 8.22. The van der Waals surface area contributed by atoms with Crippen LogP contribution in [0.2, 0.25) is 0 Å². The maximum absolute atomic E-state index is 11.5. The van der Waals surface area contributed by atoms with Gasteiger partial charge < -0.3 is 9.64 Å². The minimum Gasteiger partial charge on any atom is -0.372 e. The number of hydrogen-bond donors (Lipinski definition) is 0. The van der Waals surface area contributed by atoms with Crippen LogP contribution in [0.15, 0.2) is 0 Å². The molecule has 2 rings (SSSR count). The van der Waals surface area contributed by atoms with Crippen LogP contribution in [0.5, 0.6) is 0 Å². The third kappa shape index (κ3) is 3.93. The van der Waals surface area contributed by atoms with Crippen molar-refractivity contribution in [2.45, 2.75) is 38.9 Å². The first-order chi connectivity index (χ1) is 9.47. The van der Waals surface area contributed by atoms with E-state index in [1.807, 2.05) is 13.8 Å². The molecule has 2 saturated heterocycles. The Morgan fingerprint density at radius 3 is 2.35 bits per heavy atom. The van der Waals surface area contributed by atoms with Crippen LogP contribution in [-0.2, 0) is 14.3 Å². The van der Waals surface area contributed by atoms with E-state index < -0.39 is 0 Å². The van der Waals surface area contributed by atoms with Gasteiger partial charge in [-0.1, -0.05) is 24.0 Å². The molecule has 0 unspecified atom stereocenters. The number of likely N-dealkylation sites (tertiary alicyclic amines) is 1. The molecule has 0 N–H and O–H groups in total. The first-order valence-electron chi connectivity index (χ1n) is 6.87. The zero-order chi connectivity index (χ0) is 14.7. The fourth-order valence-corrected chi connectivity index (χ4v) is 3.69. The molecule has 0 saturated carbocycles. The van der Waals surface area contributed by atoms with Gasteiger partial charge in [0.1, 0.15) is 4.32 Å². The SMILES string of the molecule is C[C@@H]1CN(C(=S)SCCN2C(=O)CCC2=O)C[C@H](C)O1. The number of thiocarbonyl (C=S) groups is 1. The number of amides is 2. The summed E-state index contributed by atoms with van der Waals surface area (Å²) in [5.74, 6) is 0.543. The molecule has 0 bridgehead atoms. The van der Waals surface area contributed by atoms with E-state index in [0.29, 0.717) is 25.1 Å². The number of imide groups is 1. The Morgan fingerprint density at radius 1 is 1.25 bits per heavy atom. The molecule has 20 heavy (non-hydrogen) atoms. The van der Waals surface area contributed by atoms with Crippen LogP contribution in [-0.4, -0.2) is 63.5 Å². The second-order valence-corrected chi connectivity index (χ2v) is 6.94. The van der Waals surface area contributed by atoms with Crippen molar-refractivity contribution in [3.05, 3.63) is 0 Å². The number of hydrogen-bond acceptors (Lipinski definition) is 5. The lowest BCUT2D eigenvalue weighted by molar-refractivity contribution is -0.137. The van der Waals surface area contributed by atoms with E-state index in [9.17, 15) is 9.59 Å². The van der Waals surface area contributed by atoms with Gasteiger partial charge in [-0.3, -0.25) is 14.5 Å². The highest BCUT2D eigenvalue weighted by atomic mass is 32.2. The Balaban J connectivity index is 1.75. The number of morpholine rings is 1. The molecule has 112 valence electrons. The molecule has 2 fully saturated rings. The number of rotatable bonds is 3. The second kappa shape index (κ2) is 6.87. The average molecular weight is 316 g/mol. The van der Waals surface area contributed by atoms with Gasteiger partial charge in [0, 0.05) is 38.2 Å². The third-order valence-corrected chi connectivity index (χ3v) is 4.88. The predicted octanol–water partition coefficient (Wildman–Crippen LogP) is 1.26. The Morgan fingerprint density at radius 2 is 1.80 bits per heavy atom. The van der Waals surface area contributed by atoms with Gasteiger partial charge in [-0.2, -0.15) is 0 Å². The number of thioether (sulfide) groups is 1. The smallest absolute Gasteiger partial charge is 0.229 e. The molecule has 2 atom stereocenters. The zero-order valence-electron chi connectivity index (χ0n) is 11.8. The van der Waals surface area contributed by atoms with Gasteiger partial charge in [0.15, 0.2) is 0 Å². The molecule has 5 nitrogen and oxygen atoms in total. The monoisotopic (exact) mass is 316 g/mol. The summed E-state index contributed by atoms with van der Waals surface area (Å²) in [6.07, 6.45) is 1.07. The van der Waals surface area contributed by atoms with Crippen molar-refractivity contribution < 1.29 is 14.3 Å². The molecule has 2 aliphatic heterocycles. The van der Waals surface area contributed by atoms with Crippen LogP contribution < -0.4 is 0 Å². The van der Waals surface area contributed by atoms with Crippen molar-refractivity contribution in [3.8, 4) is 0 Å². The highest BCUT2D eigenvalue weighted by Crippen LogP contribution is 2.18. The summed E-state index contributed by atoms with van der Waals surface area (Å²) in [6, 6.07) is 0. The van der Waals surface area contributed by atoms with Crippen molar-refractivity contribution in [1.82, 2.24) is 9.80 Å². The van der Waals surface area contributed by atoms with E-state index in [4.69, 9.17) is 17.0 Å². The summed E-state index contributed by atoms with van der Waals surface area (Å²) in [5.41, 5.74) is 0. The minimum absolute atomic E-state index is 0.0601. The fraction of sp³-hybridized carbons (Fsp3) is 0.769. The van der Waals surface area contributed by atoms with Gasteiger partial charge in [0.05, 0.1) is 12.2 Å². The fourth-order valence-electron chi connectivity index (χ4n) is 2.51. The Hall–Kier alpha value is -0.660. The second-order valence-electron chi connectivity index (χ2n) is 5.22. The average Bonchev–Trinajstić information content (AvgIpc) is 2.69. The number of nitrogens with zero attached hydrogens (tertiary/aromatic N) is 2. The van der Waals surface area contributed by atoms with E-state index >= 15 is 0 Å². The van der Waals surface area contributed by atoms with E-state index in [1.54, 1.807) is 0 Å². The van der Waals surface area contributed by atoms with Crippen LogP contribution in [0, 0.1) is 0 Å². The number of carbonyl (C=O) groups excluding carboxylic acids is 2. The van der Waals surface area contributed by atoms with E-state index in [1.165, 1.54) is 16.7 Å². The summed E-state index contributed by atoms with van der Waals surface area (Å²) in [6.45, 7) is 6.14. The van der Waals surface area contributed by atoms with Crippen molar-refractivity contribution in [2.24, 2.45) is 0 Å². The van der Waals surface area contributed by atoms with Crippen LogP contribution in [0.3, 0.4) is 0 Å². The van der Waals surface area contributed by atoms with Crippen LogP contribution in [0.4, 0.5) is 0 Å². The van der Waals surface area contributed by atoms with E-state index in [-0.39, 0.29) is 24.0 Å². The molecule has 2 heterocycles. The molecular weight excluding hydrogens is 296 g/mol. The lowest BCUT2D eigenvalue weighted by atomic mass is 10.2.